The first-order chi connectivity index (χ1) is 15.0. The lowest BCUT2D eigenvalue weighted by molar-refractivity contribution is -0.0586. The molecule has 1 aromatic carbocycles. The van der Waals surface area contributed by atoms with Crippen molar-refractivity contribution >= 4 is 35.8 Å². The molecule has 0 bridgehead atoms. The Morgan fingerprint density at radius 1 is 1.09 bits per heavy atom. The molecular formula is C24H39IN4O3. The van der Waals surface area contributed by atoms with E-state index >= 15 is 0 Å². The Labute approximate surface area is 209 Å². The third kappa shape index (κ3) is 7.59. The summed E-state index contributed by atoms with van der Waals surface area (Å²) in [5.41, 5.74) is 1.82. The van der Waals surface area contributed by atoms with Gasteiger partial charge in [-0.15, -0.1) is 24.0 Å². The number of aliphatic imine (C=N–C) groups is 1. The van der Waals surface area contributed by atoms with Crippen molar-refractivity contribution in [2.24, 2.45) is 4.99 Å². The number of benzene rings is 1. The highest BCUT2D eigenvalue weighted by Crippen LogP contribution is 2.16. The Morgan fingerprint density at radius 3 is 2.28 bits per heavy atom. The van der Waals surface area contributed by atoms with Crippen LogP contribution in [0.15, 0.2) is 29.3 Å². The molecule has 0 aliphatic carbocycles. The predicted molar refractivity (Wildman–Crippen MR) is 139 cm³/mol. The van der Waals surface area contributed by atoms with Crippen LogP contribution in [0.5, 0.6) is 0 Å². The van der Waals surface area contributed by atoms with E-state index in [4.69, 9.17) is 14.5 Å². The average Bonchev–Trinajstić information content (AvgIpc) is 2.77. The smallest absolute Gasteiger partial charge is 0.254 e. The summed E-state index contributed by atoms with van der Waals surface area (Å²) in [6, 6.07) is 7.85. The number of morpholine rings is 1. The number of likely N-dealkylation sites (tertiary alicyclic amines) is 1. The fraction of sp³-hybridized carbons (Fsp3) is 0.667. The topological polar surface area (TPSA) is 66.4 Å². The van der Waals surface area contributed by atoms with E-state index in [1.165, 1.54) is 0 Å². The number of guanidine groups is 1. The maximum atomic E-state index is 12.8. The summed E-state index contributed by atoms with van der Waals surface area (Å²) in [4.78, 5) is 21.9. The second-order valence-corrected chi connectivity index (χ2v) is 8.48. The lowest BCUT2D eigenvalue weighted by Gasteiger charge is -2.35. The largest absolute Gasteiger partial charge is 0.378 e. The number of carbonyl (C=O) groups is 1. The number of piperidine rings is 1. The zero-order valence-electron chi connectivity index (χ0n) is 19.9. The number of rotatable bonds is 6. The van der Waals surface area contributed by atoms with Gasteiger partial charge in [-0.3, -0.25) is 4.79 Å². The Morgan fingerprint density at radius 2 is 1.72 bits per heavy atom. The first kappa shape index (κ1) is 26.9. The molecule has 2 aliphatic heterocycles. The fourth-order valence-electron chi connectivity index (χ4n) is 4.34. The number of amides is 1. The average molecular weight is 559 g/mol. The van der Waals surface area contributed by atoms with Gasteiger partial charge in [-0.2, -0.15) is 0 Å². The molecule has 8 heteroatoms. The van der Waals surface area contributed by atoms with E-state index in [-0.39, 0.29) is 42.1 Å². The van der Waals surface area contributed by atoms with E-state index in [1.54, 1.807) is 0 Å². The first-order valence-corrected chi connectivity index (χ1v) is 11.7. The summed E-state index contributed by atoms with van der Waals surface area (Å²) in [5, 5.41) is 3.41. The van der Waals surface area contributed by atoms with Gasteiger partial charge in [0.05, 0.1) is 24.9 Å². The van der Waals surface area contributed by atoms with Gasteiger partial charge in [0, 0.05) is 44.9 Å². The van der Waals surface area contributed by atoms with Crippen LogP contribution in [0.3, 0.4) is 0 Å². The SMILES string of the molecule is CCNC(=NCc1ccc(C(=O)N2CC(C)OC(C)C2)cc1)N1CCC(OCC)CC1.I. The Bertz CT molecular complexity index is 725. The Balaban J connectivity index is 0.00000363. The standard InChI is InChI=1S/C24H38N4O3.HI/c1-5-25-24(27-13-11-22(12-14-27)30-6-2)26-15-20-7-9-21(10-8-20)23(29)28-16-18(3)31-19(4)17-28;/h7-10,18-19,22H,5-6,11-17H2,1-4H3,(H,25,26);1H. The van der Waals surface area contributed by atoms with E-state index < -0.39 is 0 Å². The third-order valence-corrected chi connectivity index (χ3v) is 5.80. The Hall–Kier alpha value is -1.39. The number of nitrogens with one attached hydrogen (secondary N) is 1. The normalized spacial score (nSPS) is 22.4. The molecule has 32 heavy (non-hydrogen) atoms. The molecule has 2 atom stereocenters. The molecule has 180 valence electrons. The summed E-state index contributed by atoms with van der Waals surface area (Å²) in [7, 11) is 0. The molecule has 3 rings (SSSR count). The molecule has 0 radical (unpaired) electrons. The highest BCUT2D eigenvalue weighted by molar-refractivity contribution is 14.0. The molecule has 2 unspecified atom stereocenters. The molecule has 1 aromatic rings. The number of hydrogen-bond donors (Lipinski definition) is 1. The van der Waals surface area contributed by atoms with Crippen molar-refractivity contribution < 1.29 is 14.3 Å². The van der Waals surface area contributed by atoms with Crippen LogP contribution in [-0.4, -0.2) is 79.3 Å². The van der Waals surface area contributed by atoms with Crippen LogP contribution in [0, 0.1) is 0 Å². The minimum atomic E-state index is 0. The van der Waals surface area contributed by atoms with Crippen LogP contribution in [0.4, 0.5) is 0 Å². The summed E-state index contributed by atoms with van der Waals surface area (Å²) in [5.74, 6) is 1.02. The molecule has 2 heterocycles. The first-order valence-electron chi connectivity index (χ1n) is 11.7. The van der Waals surface area contributed by atoms with Gasteiger partial charge in [0.15, 0.2) is 5.96 Å². The van der Waals surface area contributed by atoms with Crippen molar-refractivity contribution in [3.05, 3.63) is 35.4 Å². The van der Waals surface area contributed by atoms with E-state index in [1.807, 2.05) is 43.0 Å². The van der Waals surface area contributed by atoms with Crippen LogP contribution < -0.4 is 5.32 Å². The van der Waals surface area contributed by atoms with Gasteiger partial charge in [0.25, 0.3) is 5.91 Å². The molecule has 1 amide bonds. The van der Waals surface area contributed by atoms with E-state index in [2.05, 4.69) is 24.1 Å². The maximum Gasteiger partial charge on any atom is 0.254 e. The third-order valence-electron chi connectivity index (χ3n) is 5.80. The Kier molecular flexibility index (Phi) is 11.2. The monoisotopic (exact) mass is 558 g/mol. The molecule has 0 aromatic heterocycles. The van der Waals surface area contributed by atoms with Crippen molar-refractivity contribution in [3.63, 3.8) is 0 Å². The summed E-state index contributed by atoms with van der Waals surface area (Å²) >= 11 is 0. The number of ether oxygens (including phenoxy) is 2. The molecule has 0 spiro atoms. The van der Waals surface area contributed by atoms with Crippen LogP contribution in [0.2, 0.25) is 0 Å². The van der Waals surface area contributed by atoms with Gasteiger partial charge in [-0.05, 0) is 58.2 Å². The molecule has 2 fully saturated rings. The van der Waals surface area contributed by atoms with Gasteiger partial charge in [-0.1, -0.05) is 12.1 Å². The molecule has 2 aliphatic rings. The van der Waals surface area contributed by atoms with Crippen LogP contribution in [0.25, 0.3) is 0 Å². The number of nitrogens with zero attached hydrogens (tertiary/aromatic N) is 3. The zero-order valence-corrected chi connectivity index (χ0v) is 22.2. The number of hydrogen-bond acceptors (Lipinski definition) is 4. The lowest BCUT2D eigenvalue weighted by Crippen LogP contribution is -2.48. The summed E-state index contributed by atoms with van der Waals surface area (Å²) in [6.07, 6.45) is 2.59. The zero-order chi connectivity index (χ0) is 22.2. The molecule has 0 saturated carbocycles. The van der Waals surface area contributed by atoms with E-state index in [0.717, 1.165) is 56.2 Å². The van der Waals surface area contributed by atoms with Crippen molar-refractivity contribution in [1.29, 1.82) is 0 Å². The molecular weight excluding hydrogens is 519 g/mol. The number of carbonyl (C=O) groups excluding carboxylic acids is 1. The lowest BCUT2D eigenvalue weighted by atomic mass is 10.1. The van der Waals surface area contributed by atoms with Gasteiger partial charge in [0.1, 0.15) is 0 Å². The van der Waals surface area contributed by atoms with E-state index in [9.17, 15) is 4.79 Å². The molecule has 2 saturated heterocycles. The quantitative estimate of drug-likeness (QED) is 0.329. The summed E-state index contributed by atoms with van der Waals surface area (Å²) in [6.45, 7) is 13.6. The second kappa shape index (κ2) is 13.3. The van der Waals surface area contributed by atoms with Crippen molar-refractivity contribution in [2.45, 2.75) is 65.4 Å². The van der Waals surface area contributed by atoms with Gasteiger partial charge < -0.3 is 24.6 Å². The highest BCUT2D eigenvalue weighted by atomic mass is 127. The van der Waals surface area contributed by atoms with Gasteiger partial charge in [-0.25, -0.2) is 4.99 Å². The molecule has 7 nitrogen and oxygen atoms in total. The molecule has 1 N–H and O–H groups in total. The summed E-state index contributed by atoms with van der Waals surface area (Å²) < 4.78 is 11.5. The van der Waals surface area contributed by atoms with Gasteiger partial charge in [0.2, 0.25) is 0 Å². The number of halogens is 1. The van der Waals surface area contributed by atoms with E-state index in [0.29, 0.717) is 25.7 Å². The minimum absolute atomic E-state index is 0. The second-order valence-electron chi connectivity index (χ2n) is 8.48. The van der Waals surface area contributed by atoms with Crippen molar-refractivity contribution in [1.82, 2.24) is 15.1 Å². The van der Waals surface area contributed by atoms with Gasteiger partial charge >= 0.3 is 0 Å². The van der Waals surface area contributed by atoms with Crippen LogP contribution in [-0.2, 0) is 16.0 Å². The predicted octanol–water partition coefficient (Wildman–Crippen LogP) is 3.52. The van der Waals surface area contributed by atoms with Crippen LogP contribution in [0.1, 0.15) is 56.5 Å². The van der Waals surface area contributed by atoms with Crippen molar-refractivity contribution in [3.8, 4) is 0 Å². The highest BCUT2D eigenvalue weighted by Gasteiger charge is 2.26. The van der Waals surface area contributed by atoms with Crippen LogP contribution >= 0.6 is 24.0 Å². The maximum absolute atomic E-state index is 12.8. The van der Waals surface area contributed by atoms with Crippen molar-refractivity contribution in [2.75, 3.05) is 39.3 Å². The fourth-order valence-corrected chi connectivity index (χ4v) is 4.34. The minimum Gasteiger partial charge on any atom is -0.378 e.